The molecule has 4 nitrogen and oxygen atoms in total. The monoisotopic (exact) mass is 265 g/mol. The molecule has 108 valence electrons. The second kappa shape index (κ2) is 5.25. The zero-order valence-electron chi connectivity index (χ0n) is 13.2. The number of ether oxygens (including phenoxy) is 1. The molecule has 0 saturated carbocycles. The Morgan fingerprint density at radius 3 is 2.37 bits per heavy atom. The molecule has 1 fully saturated rings. The maximum Gasteiger partial charge on any atom is 0.0836 e. The second-order valence-corrected chi connectivity index (χ2v) is 6.51. The van der Waals surface area contributed by atoms with Crippen molar-refractivity contribution in [2.75, 3.05) is 13.1 Å². The molecule has 0 radical (unpaired) electrons. The minimum absolute atomic E-state index is 0.0321. The van der Waals surface area contributed by atoms with Crippen LogP contribution in [0.1, 0.15) is 44.6 Å². The van der Waals surface area contributed by atoms with Crippen LogP contribution in [0.3, 0.4) is 0 Å². The molecule has 0 aliphatic carbocycles. The molecule has 0 spiro atoms. The topological polar surface area (TPSA) is 30.3 Å². The summed E-state index contributed by atoms with van der Waals surface area (Å²) >= 11 is 0. The van der Waals surface area contributed by atoms with Crippen molar-refractivity contribution in [3.05, 3.63) is 17.0 Å². The third kappa shape index (κ3) is 3.37. The summed E-state index contributed by atoms with van der Waals surface area (Å²) in [5.41, 5.74) is 3.83. The van der Waals surface area contributed by atoms with Crippen LogP contribution in [0.2, 0.25) is 0 Å². The Labute approximate surface area is 116 Å². The Morgan fingerprint density at radius 2 is 1.89 bits per heavy atom. The molecular weight excluding hydrogens is 238 g/mol. The maximum atomic E-state index is 5.97. The van der Waals surface area contributed by atoms with Crippen LogP contribution in [-0.4, -0.2) is 39.5 Å². The molecule has 1 aliphatic rings. The van der Waals surface area contributed by atoms with Crippen molar-refractivity contribution in [3.63, 3.8) is 0 Å². The highest BCUT2D eigenvalue weighted by Crippen LogP contribution is 2.23. The summed E-state index contributed by atoms with van der Waals surface area (Å²) in [6.07, 6.45) is 0.391. The van der Waals surface area contributed by atoms with Gasteiger partial charge in [-0.15, -0.1) is 0 Å². The third-order valence-corrected chi connectivity index (χ3v) is 3.66. The fraction of sp³-hybridized carbons (Fsp3) is 0.800. The van der Waals surface area contributed by atoms with Crippen molar-refractivity contribution >= 4 is 0 Å². The lowest BCUT2D eigenvalue weighted by Gasteiger charge is -2.42. The Morgan fingerprint density at radius 1 is 1.26 bits per heavy atom. The molecule has 0 amide bonds. The molecule has 1 aromatic heterocycles. The van der Waals surface area contributed by atoms with Gasteiger partial charge >= 0.3 is 0 Å². The first-order valence-corrected chi connectivity index (χ1v) is 7.23. The van der Waals surface area contributed by atoms with Crippen LogP contribution >= 0.6 is 0 Å². The molecule has 1 aliphatic heterocycles. The Balaban J connectivity index is 1.90. The number of nitrogens with zero attached hydrogens (tertiary/aromatic N) is 3. The summed E-state index contributed by atoms with van der Waals surface area (Å²) in [5, 5.41) is 4.58. The van der Waals surface area contributed by atoms with Gasteiger partial charge in [-0.05, 0) is 41.5 Å². The normalized spacial score (nSPS) is 17.8. The summed E-state index contributed by atoms with van der Waals surface area (Å²) in [7, 11) is 0. The smallest absolute Gasteiger partial charge is 0.0836 e. The van der Waals surface area contributed by atoms with Gasteiger partial charge in [0.25, 0.3) is 0 Å². The van der Waals surface area contributed by atoms with Gasteiger partial charge in [-0.3, -0.25) is 9.58 Å². The van der Waals surface area contributed by atoms with E-state index >= 15 is 0 Å². The van der Waals surface area contributed by atoms with E-state index in [-0.39, 0.29) is 5.60 Å². The first-order valence-electron chi connectivity index (χ1n) is 7.23. The summed E-state index contributed by atoms with van der Waals surface area (Å²) in [6, 6.07) is 0. The zero-order valence-corrected chi connectivity index (χ0v) is 13.2. The predicted octanol–water partition coefficient (Wildman–Crippen LogP) is 2.52. The van der Waals surface area contributed by atoms with Crippen LogP contribution in [0, 0.1) is 13.8 Å². The van der Waals surface area contributed by atoms with Crippen molar-refractivity contribution in [1.82, 2.24) is 14.7 Å². The molecular formula is C15H27N3O. The third-order valence-electron chi connectivity index (χ3n) is 3.66. The van der Waals surface area contributed by atoms with Gasteiger partial charge < -0.3 is 4.74 Å². The number of likely N-dealkylation sites (tertiary alicyclic amines) is 1. The SMILES string of the molecule is CCn1nc(C)c(CN2CC(OC(C)(C)C)C2)c1C. The van der Waals surface area contributed by atoms with E-state index in [0.717, 1.165) is 26.2 Å². The molecule has 19 heavy (non-hydrogen) atoms. The van der Waals surface area contributed by atoms with Crippen LogP contribution in [0.4, 0.5) is 0 Å². The lowest BCUT2D eigenvalue weighted by molar-refractivity contribution is -0.126. The largest absolute Gasteiger partial charge is 0.370 e. The van der Waals surface area contributed by atoms with Crippen molar-refractivity contribution in [1.29, 1.82) is 0 Å². The highest BCUT2D eigenvalue weighted by atomic mass is 16.5. The predicted molar refractivity (Wildman–Crippen MR) is 77.3 cm³/mol. The van der Waals surface area contributed by atoms with Gasteiger partial charge in [-0.25, -0.2) is 0 Å². The van der Waals surface area contributed by atoms with Crippen LogP contribution < -0.4 is 0 Å². The van der Waals surface area contributed by atoms with Crippen molar-refractivity contribution in [3.8, 4) is 0 Å². The molecule has 4 heteroatoms. The van der Waals surface area contributed by atoms with Gasteiger partial charge in [-0.1, -0.05) is 0 Å². The number of aromatic nitrogens is 2. The van der Waals surface area contributed by atoms with E-state index in [4.69, 9.17) is 4.74 Å². The Bertz CT molecular complexity index is 439. The lowest BCUT2D eigenvalue weighted by Crippen LogP contribution is -2.53. The van der Waals surface area contributed by atoms with Crippen LogP contribution in [-0.2, 0) is 17.8 Å². The molecule has 2 heterocycles. The number of hydrogen-bond donors (Lipinski definition) is 0. The highest BCUT2D eigenvalue weighted by molar-refractivity contribution is 5.24. The second-order valence-electron chi connectivity index (χ2n) is 6.51. The molecule has 0 aromatic carbocycles. The first kappa shape index (κ1) is 14.5. The summed E-state index contributed by atoms with van der Waals surface area (Å²) < 4.78 is 8.06. The summed E-state index contributed by atoms with van der Waals surface area (Å²) in [5.74, 6) is 0. The maximum absolute atomic E-state index is 5.97. The van der Waals surface area contributed by atoms with E-state index in [1.165, 1.54) is 17.0 Å². The molecule has 0 atom stereocenters. The first-order chi connectivity index (χ1) is 8.80. The van der Waals surface area contributed by atoms with Crippen molar-refractivity contribution in [2.45, 2.75) is 66.3 Å². The van der Waals surface area contributed by atoms with E-state index in [9.17, 15) is 0 Å². The van der Waals surface area contributed by atoms with E-state index in [1.807, 2.05) is 0 Å². The van der Waals surface area contributed by atoms with Crippen LogP contribution in [0.25, 0.3) is 0 Å². The molecule has 0 unspecified atom stereocenters. The number of hydrogen-bond acceptors (Lipinski definition) is 3. The fourth-order valence-corrected chi connectivity index (χ4v) is 2.72. The Kier molecular flexibility index (Phi) is 4.02. The van der Waals surface area contributed by atoms with Gasteiger partial charge in [-0.2, -0.15) is 5.10 Å². The van der Waals surface area contributed by atoms with E-state index in [0.29, 0.717) is 6.10 Å². The van der Waals surface area contributed by atoms with Crippen LogP contribution in [0.15, 0.2) is 0 Å². The quantitative estimate of drug-likeness (QED) is 0.838. The summed E-state index contributed by atoms with van der Waals surface area (Å²) in [4.78, 5) is 2.44. The van der Waals surface area contributed by atoms with E-state index in [2.05, 4.69) is 56.2 Å². The van der Waals surface area contributed by atoms with Gasteiger partial charge in [0.2, 0.25) is 0 Å². The van der Waals surface area contributed by atoms with E-state index in [1.54, 1.807) is 0 Å². The molecule has 1 aromatic rings. The average Bonchev–Trinajstić information content (AvgIpc) is 2.51. The average molecular weight is 265 g/mol. The minimum atomic E-state index is -0.0321. The minimum Gasteiger partial charge on any atom is -0.370 e. The number of rotatable bonds is 4. The molecule has 2 rings (SSSR count). The van der Waals surface area contributed by atoms with Crippen molar-refractivity contribution in [2.24, 2.45) is 0 Å². The summed E-state index contributed by atoms with van der Waals surface area (Å²) in [6.45, 7) is 16.8. The van der Waals surface area contributed by atoms with Gasteiger partial charge in [0.1, 0.15) is 0 Å². The Hall–Kier alpha value is -0.870. The standard InChI is InChI=1S/C15H27N3O/c1-7-18-12(3)14(11(2)16-18)10-17-8-13(9-17)19-15(4,5)6/h13H,7-10H2,1-6H3. The highest BCUT2D eigenvalue weighted by Gasteiger charge is 2.31. The fourth-order valence-electron chi connectivity index (χ4n) is 2.72. The van der Waals surface area contributed by atoms with Gasteiger partial charge in [0, 0.05) is 37.4 Å². The molecule has 0 N–H and O–H groups in total. The molecule has 1 saturated heterocycles. The lowest BCUT2D eigenvalue weighted by atomic mass is 10.1. The molecule has 0 bridgehead atoms. The van der Waals surface area contributed by atoms with Crippen molar-refractivity contribution < 1.29 is 4.74 Å². The zero-order chi connectivity index (χ0) is 14.2. The van der Waals surface area contributed by atoms with Gasteiger partial charge in [0.05, 0.1) is 17.4 Å². The number of aryl methyl sites for hydroxylation is 2. The van der Waals surface area contributed by atoms with E-state index < -0.39 is 0 Å². The van der Waals surface area contributed by atoms with Crippen LogP contribution in [0.5, 0.6) is 0 Å². The van der Waals surface area contributed by atoms with Gasteiger partial charge in [0.15, 0.2) is 0 Å².